The van der Waals surface area contributed by atoms with Crippen LogP contribution in [0.4, 0.5) is 13.2 Å². The smallest absolute Gasteiger partial charge is 0.376 e. The summed E-state index contributed by atoms with van der Waals surface area (Å²) in [5, 5.41) is 12.7. The van der Waals surface area contributed by atoms with Gasteiger partial charge >= 0.3 is 6.18 Å². The molecule has 4 nitrogen and oxygen atoms in total. The standard InChI is InChI=1S/C18H23F3N2O2/c1-10(2)11-6-12-8-23(17(25)16(24)18(19,20)21)9-14(12)13(7-11)15-4-3-5-22-15/h6-7,10,15-16,22,24H,3-5,8-9H2,1-2H3/t15-,16?/m0/s1. The Morgan fingerprint density at radius 3 is 2.60 bits per heavy atom. The average Bonchev–Trinajstić information content (AvgIpc) is 3.20. The lowest BCUT2D eigenvalue weighted by Gasteiger charge is -2.21. The summed E-state index contributed by atoms with van der Waals surface area (Å²) >= 11 is 0. The van der Waals surface area contributed by atoms with E-state index >= 15 is 0 Å². The minimum absolute atomic E-state index is 0.113. The summed E-state index contributed by atoms with van der Waals surface area (Å²) in [5.74, 6) is -0.990. The summed E-state index contributed by atoms with van der Waals surface area (Å²) in [6.45, 7) is 5.29. The molecule has 2 aliphatic rings. The molecule has 0 radical (unpaired) electrons. The third kappa shape index (κ3) is 3.53. The molecule has 2 atom stereocenters. The van der Waals surface area contributed by atoms with Crippen molar-refractivity contribution in [2.45, 2.75) is 64.0 Å². The predicted octanol–water partition coefficient (Wildman–Crippen LogP) is 3.00. The largest absolute Gasteiger partial charge is 0.423 e. The topological polar surface area (TPSA) is 52.6 Å². The molecular formula is C18H23F3N2O2. The molecule has 1 fully saturated rings. The Labute approximate surface area is 145 Å². The number of halogens is 3. The van der Waals surface area contributed by atoms with Crippen molar-refractivity contribution in [1.82, 2.24) is 10.2 Å². The maximum atomic E-state index is 12.7. The van der Waals surface area contributed by atoms with E-state index in [1.165, 1.54) is 0 Å². The van der Waals surface area contributed by atoms with Crippen molar-refractivity contribution in [1.29, 1.82) is 0 Å². The van der Waals surface area contributed by atoms with Crippen LogP contribution in [-0.2, 0) is 17.9 Å². The highest BCUT2D eigenvalue weighted by Gasteiger charge is 2.46. The van der Waals surface area contributed by atoms with Crippen LogP contribution in [0, 0.1) is 0 Å². The molecule has 0 saturated carbocycles. The highest BCUT2D eigenvalue weighted by atomic mass is 19.4. The van der Waals surface area contributed by atoms with Gasteiger partial charge in [-0.15, -0.1) is 0 Å². The number of nitrogens with zero attached hydrogens (tertiary/aromatic N) is 1. The number of alkyl halides is 3. The summed E-state index contributed by atoms with van der Waals surface area (Å²) in [4.78, 5) is 13.2. The highest BCUT2D eigenvalue weighted by Crippen LogP contribution is 2.36. The molecule has 1 saturated heterocycles. The first kappa shape index (κ1) is 18.2. The van der Waals surface area contributed by atoms with Crippen molar-refractivity contribution in [3.05, 3.63) is 34.4 Å². The van der Waals surface area contributed by atoms with Crippen molar-refractivity contribution < 1.29 is 23.1 Å². The molecule has 138 valence electrons. The van der Waals surface area contributed by atoms with E-state index in [1.54, 1.807) is 0 Å². The molecule has 1 aromatic carbocycles. The Morgan fingerprint density at radius 1 is 1.32 bits per heavy atom. The Kier molecular flexibility index (Phi) is 4.81. The Hall–Kier alpha value is -1.60. The minimum Gasteiger partial charge on any atom is -0.376 e. The lowest BCUT2D eigenvalue weighted by molar-refractivity contribution is -0.211. The van der Waals surface area contributed by atoms with Gasteiger partial charge in [-0.05, 0) is 47.6 Å². The number of rotatable bonds is 3. The van der Waals surface area contributed by atoms with Gasteiger partial charge in [-0.2, -0.15) is 13.2 Å². The minimum atomic E-state index is -4.94. The van der Waals surface area contributed by atoms with E-state index in [2.05, 4.69) is 25.2 Å². The number of aliphatic hydroxyl groups is 1. The van der Waals surface area contributed by atoms with Crippen molar-refractivity contribution >= 4 is 5.91 Å². The third-order valence-corrected chi connectivity index (χ3v) is 5.07. The number of hydrogen-bond acceptors (Lipinski definition) is 3. The van der Waals surface area contributed by atoms with Gasteiger partial charge in [-0.25, -0.2) is 0 Å². The second-order valence-corrected chi connectivity index (χ2v) is 7.19. The van der Waals surface area contributed by atoms with E-state index in [9.17, 15) is 23.1 Å². The number of aliphatic hydroxyl groups excluding tert-OH is 1. The fourth-order valence-electron chi connectivity index (χ4n) is 3.63. The van der Waals surface area contributed by atoms with Gasteiger partial charge in [-0.1, -0.05) is 26.0 Å². The summed E-state index contributed by atoms with van der Waals surface area (Å²) < 4.78 is 38.0. The van der Waals surface area contributed by atoms with Crippen LogP contribution in [0.2, 0.25) is 0 Å². The van der Waals surface area contributed by atoms with E-state index in [1.807, 2.05) is 6.07 Å². The number of amides is 1. The second kappa shape index (κ2) is 6.61. The molecule has 7 heteroatoms. The number of fused-ring (bicyclic) bond motifs is 1. The zero-order valence-electron chi connectivity index (χ0n) is 14.4. The van der Waals surface area contributed by atoms with Crippen molar-refractivity contribution in [3.63, 3.8) is 0 Å². The first-order chi connectivity index (χ1) is 11.7. The number of benzene rings is 1. The molecule has 25 heavy (non-hydrogen) atoms. The third-order valence-electron chi connectivity index (χ3n) is 5.07. The Balaban J connectivity index is 1.91. The van der Waals surface area contributed by atoms with Gasteiger partial charge in [-0.3, -0.25) is 4.79 Å². The Bertz CT molecular complexity index is 667. The molecule has 0 aliphatic carbocycles. The van der Waals surface area contributed by atoms with Crippen molar-refractivity contribution in [3.8, 4) is 0 Å². The van der Waals surface area contributed by atoms with Crippen LogP contribution in [0.25, 0.3) is 0 Å². The maximum Gasteiger partial charge on any atom is 0.423 e. The summed E-state index contributed by atoms with van der Waals surface area (Å²) in [6, 6.07) is 4.27. The SMILES string of the molecule is CC(C)c1cc2c(c([C@@H]3CCCN3)c1)CN(C(=O)C(O)C(F)(F)F)C2. The highest BCUT2D eigenvalue weighted by molar-refractivity contribution is 5.82. The zero-order valence-corrected chi connectivity index (χ0v) is 14.4. The second-order valence-electron chi connectivity index (χ2n) is 7.19. The van der Waals surface area contributed by atoms with Crippen molar-refractivity contribution in [2.24, 2.45) is 0 Å². The van der Waals surface area contributed by atoms with Gasteiger partial charge < -0.3 is 15.3 Å². The van der Waals surface area contributed by atoms with E-state index in [4.69, 9.17) is 0 Å². The van der Waals surface area contributed by atoms with Crippen LogP contribution in [0.3, 0.4) is 0 Å². The quantitative estimate of drug-likeness (QED) is 0.875. The first-order valence-corrected chi connectivity index (χ1v) is 8.61. The number of carbonyl (C=O) groups is 1. The molecule has 0 aromatic heterocycles. The van der Waals surface area contributed by atoms with E-state index in [0.29, 0.717) is 0 Å². The zero-order chi connectivity index (χ0) is 18.4. The molecule has 1 amide bonds. The monoisotopic (exact) mass is 356 g/mol. The number of nitrogens with one attached hydrogen (secondary N) is 1. The molecule has 3 rings (SSSR count). The molecule has 1 aromatic rings. The summed E-state index contributed by atoms with van der Waals surface area (Å²) in [5.41, 5.74) is 4.01. The molecule has 1 unspecified atom stereocenters. The van der Waals surface area contributed by atoms with Crippen LogP contribution in [0.1, 0.15) is 60.9 Å². The van der Waals surface area contributed by atoms with E-state index < -0.39 is 18.2 Å². The fourth-order valence-corrected chi connectivity index (χ4v) is 3.63. The predicted molar refractivity (Wildman–Crippen MR) is 86.8 cm³/mol. The van der Waals surface area contributed by atoms with Gasteiger partial charge in [0.2, 0.25) is 6.10 Å². The number of carbonyl (C=O) groups excluding carboxylic acids is 1. The van der Waals surface area contributed by atoms with Crippen LogP contribution in [0.5, 0.6) is 0 Å². The van der Waals surface area contributed by atoms with Gasteiger partial charge in [0.1, 0.15) is 0 Å². The maximum absolute atomic E-state index is 12.7. The average molecular weight is 356 g/mol. The van der Waals surface area contributed by atoms with Gasteiger partial charge in [0.25, 0.3) is 5.91 Å². The summed E-state index contributed by atoms with van der Waals surface area (Å²) in [7, 11) is 0. The van der Waals surface area contributed by atoms with E-state index in [0.717, 1.165) is 46.5 Å². The normalized spacial score (nSPS) is 21.7. The Morgan fingerprint density at radius 2 is 2.04 bits per heavy atom. The van der Waals surface area contributed by atoms with Gasteiger partial charge in [0.05, 0.1) is 0 Å². The molecular weight excluding hydrogens is 333 g/mol. The summed E-state index contributed by atoms with van der Waals surface area (Å²) in [6.07, 6.45) is -5.86. The molecule has 2 aliphatic heterocycles. The molecule has 2 heterocycles. The van der Waals surface area contributed by atoms with Gasteiger partial charge in [0, 0.05) is 19.1 Å². The van der Waals surface area contributed by atoms with Crippen LogP contribution in [0.15, 0.2) is 12.1 Å². The van der Waals surface area contributed by atoms with E-state index in [-0.39, 0.29) is 25.0 Å². The van der Waals surface area contributed by atoms with Crippen molar-refractivity contribution in [2.75, 3.05) is 6.54 Å². The van der Waals surface area contributed by atoms with Gasteiger partial charge in [0.15, 0.2) is 0 Å². The molecule has 0 spiro atoms. The van der Waals surface area contributed by atoms with Crippen LogP contribution >= 0.6 is 0 Å². The first-order valence-electron chi connectivity index (χ1n) is 8.61. The fraction of sp³-hybridized carbons (Fsp3) is 0.611. The lowest BCUT2D eigenvalue weighted by Crippen LogP contribution is -2.44. The van der Waals surface area contributed by atoms with Crippen LogP contribution < -0.4 is 5.32 Å². The lowest BCUT2D eigenvalue weighted by atomic mass is 9.90. The molecule has 0 bridgehead atoms. The van der Waals surface area contributed by atoms with Crippen LogP contribution in [-0.4, -0.2) is 34.7 Å². The number of hydrogen-bond donors (Lipinski definition) is 2. The molecule has 2 N–H and O–H groups in total.